The zero-order valence-electron chi connectivity index (χ0n) is 18.5. The lowest BCUT2D eigenvalue weighted by Gasteiger charge is -2.33. The third kappa shape index (κ3) is 7.72. The Balaban J connectivity index is 0.00000341. The van der Waals surface area contributed by atoms with E-state index in [0.29, 0.717) is 19.2 Å². The second-order valence-corrected chi connectivity index (χ2v) is 7.50. The maximum absolute atomic E-state index is 5.75. The molecule has 0 unspecified atom stereocenters. The highest BCUT2D eigenvalue weighted by atomic mass is 127. The van der Waals surface area contributed by atoms with Gasteiger partial charge in [0.2, 0.25) is 0 Å². The Morgan fingerprint density at radius 3 is 2.71 bits per heavy atom. The van der Waals surface area contributed by atoms with Crippen LogP contribution in [-0.2, 0) is 6.54 Å². The number of hydrogen-bond acceptors (Lipinski definition) is 4. The van der Waals surface area contributed by atoms with Gasteiger partial charge in [-0.25, -0.2) is 9.98 Å². The minimum atomic E-state index is 0. The molecule has 2 heterocycles. The number of para-hydroxylation sites is 1. The average molecular weight is 535 g/mol. The largest absolute Gasteiger partial charge is 0.489 e. The number of nitrogens with one attached hydrogen (secondary N) is 2. The first-order valence-electron chi connectivity index (χ1n) is 10.7. The summed E-state index contributed by atoms with van der Waals surface area (Å²) in [7, 11) is 0. The molecule has 2 N–H and O–H groups in total. The first-order valence-corrected chi connectivity index (χ1v) is 10.7. The molecule has 3 rings (SSSR count). The van der Waals surface area contributed by atoms with Crippen molar-refractivity contribution in [1.29, 1.82) is 0 Å². The average Bonchev–Trinajstić information content (AvgIpc) is 2.78. The summed E-state index contributed by atoms with van der Waals surface area (Å²) in [6, 6.07) is 12.7. The van der Waals surface area contributed by atoms with Gasteiger partial charge in [0.05, 0.1) is 6.54 Å². The zero-order chi connectivity index (χ0) is 21.2. The van der Waals surface area contributed by atoms with Crippen molar-refractivity contribution in [3.63, 3.8) is 0 Å². The molecule has 1 aliphatic heterocycles. The molecule has 0 bridgehead atoms. The predicted molar refractivity (Wildman–Crippen MR) is 140 cm³/mol. The normalized spacial score (nSPS) is 14.5. The van der Waals surface area contributed by atoms with Crippen molar-refractivity contribution in [2.24, 2.45) is 4.99 Å². The highest BCUT2D eigenvalue weighted by Gasteiger charge is 2.20. The molecular weight excluding hydrogens is 501 g/mol. The molecule has 1 saturated heterocycles. The van der Waals surface area contributed by atoms with Crippen molar-refractivity contribution >= 4 is 35.8 Å². The fraction of sp³-hybridized carbons (Fsp3) is 0.417. The lowest BCUT2D eigenvalue weighted by Crippen LogP contribution is -2.48. The number of aryl methyl sites for hydroxylation is 1. The number of anilines is 1. The van der Waals surface area contributed by atoms with E-state index >= 15 is 0 Å². The van der Waals surface area contributed by atoms with Crippen LogP contribution in [0.1, 0.15) is 30.9 Å². The quantitative estimate of drug-likeness (QED) is 0.229. The van der Waals surface area contributed by atoms with Crippen LogP contribution in [-0.4, -0.2) is 43.2 Å². The van der Waals surface area contributed by atoms with E-state index in [1.807, 2.05) is 24.4 Å². The molecule has 1 aromatic heterocycles. The third-order valence-electron chi connectivity index (χ3n) is 5.14. The van der Waals surface area contributed by atoms with Crippen LogP contribution in [0.5, 0.6) is 5.75 Å². The summed E-state index contributed by atoms with van der Waals surface area (Å²) in [4.78, 5) is 11.7. The molecule has 0 atom stereocenters. The van der Waals surface area contributed by atoms with Crippen molar-refractivity contribution in [3.8, 4) is 5.75 Å². The van der Waals surface area contributed by atoms with Crippen LogP contribution in [0.15, 0.2) is 60.2 Å². The zero-order valence-corrected chi connectivity index (χ0v) is 20.8. The summed E-state index contributed by atoms with van der Waals surface area (Å²) >= 11 is 0. The lowest BCUT2D eigenvalue weighted by atomic mass is 10.1. The molecule has 6 nitrogen and oxygen atoms in total. The number of aliphatic imine (C=N–C) groups is 1. The summed E-state index contributed by atoms with van der Waals surface area (Å²) in [5.41, 5.74) is 2.26. The molecular formula is C24H34IN5O. The van der Waals surface area contributed by atoms with Gasteiger partial charge in [-0.05, 0) is 44.4 Å². The number of benzene rings is 1. The Bertz CT molecular complexity index is 832. The van der Waals surface area contributed by atoms with E-state index in [0.717, 1.165) is 55.6 Å². The van der Waals surface area contributed by atoms with Gasteiger partial charge in [0.15, 0.2) is 5.96 Å². The van der Waals surface area contributed by atoms with Crippen LogP contribution in [0.2, 0.25) is 0 Å². The van der Waals surface area contributed by atoms with Crippen molar-refractivity contribution in [2.45, 2.75) is 39.3 Å². The molecule has 1 fully saturated rings. The second-order valence-electron chi connectivity index (χ2n) is 7.50. The van der Waals surface area contributed by atoms with E-state index in [4.69, 9.17) is 9.73 Å². The Hall–Kier alpha value is -2.29. The van der Waals surface area contributed by atoms with Crippen LogP contribution in [0.4, 0.5) is 5.82 Å². The van der Waals surface area contributed by atoms with Crippen molar-refractivity contribution in [2.75, 3.05) is 31.1 Å². The van der Waals surface area contributed by atoms with Gasteiger partial charge in [0, 0.05) is 37.4 Å². The predicted octanol–water partition coefficient (Wildman–Crippen LogP) is 4.30. The minimum Gasteiger partial charge on any atom is -0.489 e. The van der Waals surface area contributed by atoms with Crippen molar-refractivity contribution < 1.29 is 4.74 Å². The summed E-state index contributed by atoms with van der Waals surface area (Å²) in [6.07, 6.45) is 5.80. The fourth-order valence-corrected chi connectivity index (χ4v) is 3.50. The molecule has 168 valence electrons. The molecule has 0 spiro atoms. The smallest absolute Gasteiger partial charge is 0.191 e. The van der Waals surface area contributed by atoms with Crippen molar-refractivity contribution in [3.05, 3.63) is 66.4 Å². The van der Waals surface area contributed by atoms with Gasteiger partial charge < -0.3 is 20.3 Å². The van der Waals surface area contributed by atoms with Crippen LogP contribution in [0.3, 0.4) is 0 Å². The van der Waals surface area contributed by atoms with Gasteiger partial charge in [-0.1, -0.05) is 36.9 Å². The Morgan fingerprint density at radius 2 is 2.03 bits per heavy atom. The first kappa shape index (κ1) is 25.0. The molecule has 7 heteroatoms. The number of halogens is 1. The lowest BCUT2D eigenvalue weighted by molar-refractivity contribution is 0.359. The van der Waals surface area contributed by atoms with Gasteiger partial charge in [-0.3, -0.25) is 0 Å². The number of rotatable bonds is 8. The van der Waals surface area contributed by atoms with E-state index in [-0.39, 0.29) is 24.0 Å². The Labute approximate surface area is 203 Å². The van der Waals surface area contributed by atoms with E-state index in [2.05, 4.69) is 59.1 Å². The maximum atomic E-state index is 5.75. The third-order valence-corrected chi connectivity index (χ3v) is 5.14. The maximum Gasteiger partial charge on any atom is 0.191 e. The van der Waals surface area contributed by atoms with Gasteiger partial charge in [0.25, 0.3) is 0 Å². The first-order chi connectivity index (χ1) is 14.7. The monoisotopic (exact) mass is 535 g/mol. The molecule has 0 aliphatic carbocycles. The van der Waals surface area contributed by atoms with E-state index in [1.54, 1.807) is 6.08 Å². The molecule has 0 radical (unpaired) electrons. The molecule has 31 heavy (non-hydrogen) atoms. The van der Waals surface area contributed by atoms with Crippen molar-refractivity contribution in [1.82, 2.24) is 15.6 Å². The number of ether oxygens (including phenoxy) is 1. The fourth-order valence-electron chi connectivity index (χ4n) is 3.50. The SMILES string of the molecule is C=CCOc1ccccc1CN=C(NCC)NC1CCN(c2ccc(C)cn2)CC1.I. The molecule has 1 aliphatic rings. The number of guanidine groups is 1. The Morgan fingerprint density at radius 1 is 1.26 bits per heavy atom. The van der Waals surface area contributed by atoms with E-state index in [1.165, 1.54) is 5.56 Å². The van der Waals surface area contributed by atoms with Gasteiger partial charge >= 0.3 is 0 Å². The van der Waals surface area contributed by atoms with Crippen LogP contribution in [0.25, 0.3) is 0 Å². The number of aromatic nitrogens is 1. The highest BCUT2D eigenvalue weighted by Crippen LogP contribution is 2.20. The van der Waals surface area contributed by atoms with Gasteiger partial charge in [-0.2, -0.15) is 0 Å². The Kier molecular flexibility index (Phi) is 10.6. The molecule has 2 aromatic rings. The summed E-state index contributed by atoms with van der Waals surface area (Å²) < 4.78 is 5.75. The molecule has 0 amide bonds. The van der Waals surface area contributed by atoms with Crippen LogP contribution >= 0.6 is 24.0 Å². The van der Waals surface area contributed by atoms with Crippen LogP contribution in [0, 0.1) is 6.92 Å². The number of nitrogens with zero attached hydrogens (tertiary/aromatic N) is 3. The summed E-state index contributed by atoms with van der Waals surface area (Å²) in [5, 5.41) is 6.97. The number of piperidine rings is 1. The second kappa shape index (κ2) is 13.2. The highest BCUT2D eigenvalue weighted by molar-refractivity contribution is 14.0. The topological polar surface area (TPSA) is 61.8 Å². The molecule has 0 saturated carbocycles. The molecule has 1 aromatic carbocycles. The van der Waals surface area contributed by atoms with Gasteiger partial charge in [0.1, 0.15) is 18.2 Å². The van der Waals surface area contributed by atoms with Gasteiger partial charge in [-0.15, -0.1) is 24.0 Å². The van der Waals surface area contributed by atoms with E-state index < -0.39 is 0 Å². The number of hydrogen-bond donors (Lipinski definition) is 2. The summed E-state index contributed by atoms with van der Waals surface area (Å²) in [5.74, 6) is 2.77. The van der Waals surface area contributed by atoms with Crippen LogP contribution < -0.4 is 20.3 Å². The minimum absolute atomic E-state index is 0. The van der Waals surface area contributed by atoms with E-state index in [9.17, 15) is 0 Å². The summed E-state index contributed by atoms with van der Waals surface area (Å²) in [6.45, 7) is 11.7. The standard InChI is InChI=1S/C24H33N5O.HI/c1-4-16-30-22-9-7-6-8-20(22)18-27-24(25-5-2)28-21-12-14-29(15-13-21)23-11-10-19(3)17-26-23;/h4,6-11,17,21H,1,5,12-16,18H2,2-3H3,(H2,25,27,28);1H. The number of pyridine rings is 1.